The quantitative estimate of drug-likeness (QED) is 0.855. The van der Waals surface area contributed by atoms with E-state index in [2.05, 4.69) is 5.32 Å². The molecule has 1 aromatic carbocycles. The molecule has 1 N–H and O–H groups in total. The van der Waals surface area contributed by atoms with Gasteiger partial charge >= 0.3 is 5.97 Å². The van der Waals surface area contributed by atoms with Gasteiger partial charge in [0.05, 0.1) is 13.0 Å². The van der Waals surface area contributed by atoms with Gasteiger partial charge in [-0.2, -0.15) is 0 Å². The third-order valence-electron chi connectivity index (χ3n) is 3.60. The van der Waals surface area contributed by atoms with Gasteiger partial charge < -0.3 is 10.1 Å². The lowest BCUT2D eigenvalue weighted by Crippen LogP contribution is -2.34. The number of hydrogen-bond donors (Lipinski definition) is 1. The normalized spacial score (nSPS) is 18.1. The summed E-state index contributed by atoms with van der Waals surface area (Å²) in [6, 6.07) is 3.20. The number of esters is 1. The maximum absolute atomic E-state index is 13.9. The highest BCUT2D eigenvalue weighted by Crippen LogP contribution is 2.33. The Balaban J connectivity index is 2.36. The van der Waals surface area contributed by atoms with E-state index in [4.69, 9.17) is 4.74 Å². The molecule has 1 aliphatic heterocycles. The van der Waals surface area contributed by atoms with Crippen LogP contribution >= 0.6 is 0 Å². The van der Waals surface area contributed by atoms with E-state index in [0.717, 1.165) is 44.1 Å². The molecule has 0 bridgehead atoms. The third-order valence-corrected chi connectivity index (χ3v) is 3.60. The van der Waals surface area contributed by atoms with Crippen LogP contribution in [0.15, 0.2) is 18.2 Å². The number of halogens is 2. The first-order chi connectivity index (χ1) is 9.13. The van der Waals surface area contributed by atoms with Crippen LogP contribution < -0.4 is 5.32 Å². The summed E-state index contributed by atoms with van der Waals surface area (Å²) in [6.45, 7) is 1.55. The van der Waals surface area contributed by atoms with E-state index in [9.17, 15) is 13.6 Å². The summed E-state index contributed by atoms with van der Waals surface area (Å²) in [5.74, 6) is -2.36. The molecule has 1 heterocycles. The summed E-state index contributed by atoms with van der Waals surface area (Å²) in [4.78, 5) is 11.9. The van der Waals surface area contributed by atoms with E-state index < -0.39 is 23.5 Å². The molecule has 1 aliphatic rings. The highest BCUT2D eigenvalue weighted by molar-refractivity contribution is 5.78. The summed E-state index contributed by atoms with van der Waals surface area (Å²) < 4.78 is 32.0. The number of carbonyl (C=O) groups is 1. The molecule has 3 nitrogen and oxygen atoms in total. The maximum atomic E-state index is 13.9. The molecule has 104 valence electrons. The van der Waals surface area contributed by atoms with Gasteiger partial charge in [0, 0.05) is 5.56 Å². The number of piperidine rings is 1. The van der Waals surface area contributed by atoms with Gasteiger partial charge in [-0.25, -0.2) is 8.78 Å². The van der Waals surface area contributed by atoms with Gasteiger partial charge in [0.25, 0.3) is 0 Å². The molecule has 0 amide bonds. The minimum atomic E-state index is -0.734. The van der Waals surface area contributed by atoms with Gasteiger partial charge in [-0.15, -0.1) is 0 Å². The number of carbonyl (C=O) groups excluding carboxylic acids is 1. The third kappa shape index (κ3) is 3.10. The molecular formula is C14H17F2NO2. The fraction of sp³-hybridized carbons (Fsp3) is 0.500. The standard InChI is InChI=1S/C14H17F2NO2/c1-19-14(18)13(9-4-6-17-7-5-9)11-8-10(15)2-3-12(11)16/h2-3,8-9,13,17H,4-7H2,1H3. The smallest absolute Gasteiger partial charge is 0.313 e. The highest BCUT2D eigenvalue weighted by atomic mass is 19.1. The van der Waals surface area contributed by atoms with E-state index in [0.29, 0.717) is 0 Å². The Kier molecular flexibility index (Phi) is 4.47. The average molecular weight is 269 g/mol. The second-order valence-electron chi connectivity index (χ2n) is 4.75. The van der Waals surface area contributed by atoms with E-state index >= 15 is 0 Å². The van der Waals surface area contributed by atoms with Gasteiger partial charge in [-0.1, -0.05) is 0 Å². The van der Waals surface area contributed by atoms with Crippen LogP contribution in [0.2, 0.25) is 0 Å². The molecule has 0 spiro atoms. The van der Waals surface area contributed by atoms with Crippen LogP contribution in [0.4, 0.5) is 8.78 Å². The van der Waals surface area contributed by atoms with Crippen molar-refractivity contribution in [1.29, 1.82) is 0 Å². The van der Waals surface area contributed by atoms with Crippen molar-refractivity contribution in [2.75, 3.05) is 20.2 Å². The molecular weight excluding hydrogens is 252 g/mol. The van der Waals surface area contributed by atoms with Crippen molar-refractivity contribution in [2.45, 2.75) is 18.8 Å². The highest BCUT2D eigenvalue weighted by Gasteiger charge is 2.33. The Morgan fingerprint density at radius 2 is 2.05 bits per heavy atom. The van der Waals surface area contributed by atoms with Gasteiger partial charge in [0.15, 0.2) is 0 Å². The van der Waals surface area contributed by atoms with Gasteiger partial charge in [-0.05, 0) is 50.0 Å². The van der Waals surface area contributed by atoms with Crippen molar-refractivity contribution in [3.05, 3.63) is 35.4 Å². The Morgan fingerprint density at radius 1 is 1.37 bits per heavy atom. The van der Waals surface area contributed by atoms with E-state index in [1.807, 2.05) is 0 Å². The van der Waals surface area contributed by atoms with E-state index in [1.165, 1.54) is 7.11 Å². The number of rotatable bonds is 3. The minimum Gasteiger partial charge on any atom is -0.469 e. The van der Waals surface area contributed by atoms with Crippen LogP contribution in [0.1, 0.15) is 24.3 Å². The predicted octanol–water partition coefficient (Wildman–Crippen LogP) is 2.22. The van der Waals surface area contributed by atoms with Crippen molar-refractivity contribution < 1.29 is 18.3 Å². The zero-order valence-electron chi connectivity index (χ0n) is 10.8. The monoisotopic (exact) mass is 269 g/mol. The maximum Gasteiger partial charge on any atom is 0.313 e. The largest absolute Gasteiger partial charge is 0.469 e. The van der Waals surface area contributed by atoms with Crippen molar-refractivity contribution in [1.82, 2.24) is 5.32 Å². The lowest BCUT2D eigenvalue weighted by atomic mass is 9.80. The van der Waals surface area contributed by atoms with Crippen molar-refractivity contribution in [3.8, 4) is 0 Å². The first kappa shape index (κ1) is 13.9. The van der Waals surface area contributed by atoms with Crippen molar-refractivity contribution >= 4 is 5.97 Å². The van der Waals surface area contributed by atoms with E-state index in [1.54, 1.807) is 0 Å². The number of hydrogen-bond acceptors (Lipinski definition) is 3. The average Bonchev–Trinajstić information content (AvgIpc) is 2.44. The van der Waals surface area contributed by atoms with Gasteiger partial charge in [0.1, 0.15) is 11.6 Å². The SMILES string of the molecule is COC(=O)C(c1cc(F)ccc1F)C1CCNCC1. The van der Waals surface area contributed by atoms with Crippen LogP contribution in [0.3, 0.4) is 0 Å². The molecule has 0 radical (unpaired) electrons. The zero-order chi connectivity index (χ0) is 13.8. The lowest BCUT2D eigenvalue weighted by molar-refractivity contribution is -0.144. The van der Waals surface area contributed by atoms with Gasteiger partial charge in [-0.3, -0.25) is 4.79 Å². The van der Waals surface area contributed by atoms with Crippen LogP contribution in [-0.4, -0.2) is 26.2 Å². The number of methoxy groups -OCH3 is 1. The summed E-state index contributed by atoms with van der Waals surface area (Å²) >= 11 is 0. The molecule has 1 aromatic rings. The van der Waals surface area contributed by atoms with E-state index in [-0.39, 0.29) is 11.5 Å². The Hall–Kier alpha value is -1.49. The molecule has 0 saturated carbocycles. The number of benzene rings is 1. The van der Waals surface area contributed by atoms with Crippen LogP contribution in [-0.2, 0) is 9.53 Å². The summed E-state index contributed by atoms with van der Waals surface area (Å²) in [6.07, 6.45) is 1.49. The molecule has 1 fully saturated rings. The summed E-state index contributed by atoms with van der Waals surface area (Å²) in [7, 11) is 1.27. The van der Waals surface area contributed by atoms with Gasteiger partial charge in [0.2, 0.25) is 0 Å². The molecule has 0 aliphatic carbocycles. The molecule has 19 heavy (non-hydrogen) atoms. The van der Waals surface area contributed by atoms with Crippen LogP contribution in [0.5, 0.6) is 0 Å². The molecule has 1 atom stereocenters. The predicted molar refractivity (Wildman–Crippen MR) is 66.7 cm³/mol. The molecule has 5 heteroatoms. The first-order valence-electron chi connectivity index (χ1n) is 6.37. The lowest BCUT2D eigenvalue weighted by Gasteiger charge is -2.29. The summed E-state index contributed by atoms with van der Waals surface area (Å²) in [5, 5.41) is 3.18. The topological polar surface area (TPSA) is 38.3 Å². The fourth-order valence-electron chi connectivity index (χ4n) is 2.63. The van der Waals surface area contributed by atoms with Crippen LogP contribution in [0.25, 0.3) is 0 Å². The molecule has 2 rings (SSSR count). The fourth-order valence-corrected chi connectivity index (χ4v) is 2.63. The second kappa shape index (κ2) is 6.10. The molecule has 1 unspecified atom stereocenters. The zero-order valence-corrected chi connectivity index (χ0v) is 10.8. The first-order valence-corrected chi connectivity index (χ1v) is 6.37. The Labute approximate surface area is 111 Å². The van der Waals surface area contributed by atoms with Crippen LogP contribution in [0, 0.1) is 17.6 Å². The van der Waals surface area contributed by atoms with Crippen molar-refractivity contribution in [3.63, 3.8) is 0 Å². The minimum absolute atomic E-state index is 0.0231. The molecule has 0 aromatic heterocycles. The Morgan fingerprint density at radius 3 is 2.68 bits per heavy atom. The number of nitrogens with one attached hydrogen (secondary N) is 1. The Bertz CT molecular complexity index is 459. The second-order valence-corrected chi connectivity index (χ2v) is 4.75. The number of ether oxygens (including phenoxy) is 1. The summed E-state index contributed by atoms with van der Waals surface area (Å²) in [5.41, 5.74) is 0.0961. The molecule has 1 saturated heterocycles. The van der Waals surface area contributed by atoms with Crippen molar-refractivity contribution in [2.24, 2.45) is 5.92 Å².